The molecular weight excluding hydrogens is 284 g/mol. The predicted octanol–water partition coefficient (Wildman–Crippen LogP) is 2.62. The molecule has 3 rings (SSSR count). The second kappa shape index (κ2) is 4.48. The van der Waals surface area contributed by atoms with Gasteiger partial charge in [0.25, 0.3) is 5.69 Å². The van der Waals surface area contributed by atoms with E-state index in [-0.39, 0.29) is 5.69 Å². The molecular formula is C11H6N4O2S2. The van der Waals surface area contributed by atoms with Gasteiger partial charge in [-0.05, 0) is 17.5 Å². The zero-order valence-corrected chi connectivity index (χ0v) is 11.0. The zero-order valence-electron chi connectivity index (χ0n) is 9.39. The third kappa shape index (κ3) is 2.00. The molecule has 1 aromatic carbocycles. The quantitative estimate of drug-likeness (QED) is 0.412. The van der Waals surface area contributed by atoms with Crippen molar-refractivity contribution in [2.75, 3.05) is 0 Å². The van der Waals surface area contributed by atoms with E-state index in [1.54, 1.807) is 6.07 Å². The van der Waals surface area contributed by atoms with Crippen LogP contribution in [0.25, 0.3) is 11.0 Å². The number of nitrogens with zero attached hydrogens (tertiary/aromatic N) is 4. The van der Waals surface area contributed by atoms with Crippen LogP contribution in [-0.2, 0) is 0 Å². The van der Waals surface area contributed by atoms with E-state index in [9.17, 15) is 10.1 Å². The molecule has 0 fully saturated rings. The van der Waals surface area contributed by atoms with Crippen LogP contribution in [0.5, 0.6) is 0 Å². The van der Waals surface area contributed by atoms with Gasteiger partial charge in [0.05, 0.1) is 9.80 Å². The fraction of sp³-hybridized carbons (Fsp3) is 0. The van der Waals surface area contributed by atoms with Gasteiger partial charge in [-0.2, -0.15) is 0 Å². The van der Waals surface area contributed by atoms with E-state index in [2.05, 4.69) is 10.3 Å². The number of thiophene rings is 1. The summed E-state index contributed by atoms with van der Waals surface area (Å²) in [5, 5.41) is 20.6. The van der Waals surface area contributed by atoms with Gasteiger partial charge in [0.15, 0.2) is 0 Å². The third-order valence-corrected chi connectivity index (χ3v) is 3.96. The smallest absolute Gasteiger partial charge is 0.258 e. The lowest BCUT2D eigenvalue weighted by molar-refractivity contribution is -0.384. The number of fused-ring (bicyclic) bond motifs is 1. The number of aromatic nitrogens is 3. The highest BCUT2D eigenvalue weighted by molar-refractivity contribution is 7.81. The second-order valence-electron chi connectivity index (χ2n) is 3.71. The molecule has 0 aliphatic rings. The average molecular weight is 290 g/mol. The summed E-state index contributed by atoms with van der Waals surface area (Å²) in [4.78, 5) is 11.7. The Morgan fingerprint density at radius 1 is 1.42 bits per heavy atom. The lowest BCUT2D eigenvalue weighted by atomic mass is 10.3. The van der Waals surface area contributed by atoms with E-state index in [4.69, 9.17) is 12.2 Å². The molecule has 19 heavy (non-hydrogen) atoms. The SMILES string of the molecule is O=[N+]([O-])c1ccc2nnn(C(=S)c3cccs3)c2c1. The Morgan fingerprint density at radius 2 is 2.26 bits per heavy atom. The van der Waals surface area contributed by atoms with E-state index in [1.165, 1.54) is 28.2 Å². The summed E-state index contributed by atoms with van der Waals surface area (Å²) in [6.45, 7) is 0. The van der Waals surface area contributed by atoms with Gasteiger partial charge in [-0.3, -0.25) is 10.1 Å². The number of nitro groups is 1. The third-order valence-electron chi connectivity index (χ3n) is 2.56. The minimum atomic E-state index is -0.453. The summed E-state index contributed by atoms with van der Waals surface area (Å²) in [6.07, 6.45) is 0. The van der Waals surface area contributed by atoms with E-state index >= 15 is 0 Å². The van der Waals surface area contributed by atoms with Gasteiger partial charge in [-0.1, -0.05) is 23.5 Å². The van der Waals surface area contributed by atoms with Crippen molar-refractivity contribution in [3.8, 4) is 0 Å². The number of rotatable bonds is 2. The number of thiocarbonyl (C=S) groups is 1. The van der Waals surface area contributed by atoms with E-state index in [0.29, 0.717) is 16.0 Å². The van der Waals surface area contributed by atoms with Crippen LogP contribution in [0, 0.1) is 10.1 Å². The Bertz CT molecular complexity index is 779. The van der Waals surface area contributed by atoms with Crippen LogP contribution >= 0.6 is 23.6 Å². The summed E-state index contributed by atoms with van der Waals surface area (Å²) in [5.74, 6) is 0. The molecule has 0 atom stereocenters. The molecule has 0 spiro atoms. The fourth-order valence-corrected chi connectivity index (χ4v) is 2.67. The maximum atomic E-state index is 10.8. The second-order valence-corrected chi connectivity index (χ2v) is 5.05. The minimum Gasteiger partial charge on any atom is -0.258 e. The molecule has 0 radical (unpaired) electrons. The molecule has 3 aromatic rings. The van der Waals surface area contributed by atoms with Crippen molar-refractivity contribution in [2.24, 2.45) is 0 Å². The summed E-state index contributed by atoms with van der Waals surface area (Å²) < 4.78 is 1.45. The number of non-ortho nitro benzene ring substituents is 1. The van der Waals surface area contributed by atoms with Crippen LogP contribution in [0.3, 0.4) is 0 Å². The zero-order chi connectivity index (χ0) is 13.4. The molecule has 2 aromatic heterocycles. The molecule has 0 unspecified atom stereocenters. The molecule has 8 heteroatoms. The van der Waals surface area contributed by atoms with Gasteiger partial charge in [0.1, 0.15) is 16.0 Å². The summed E-state index contributed by atoms with van der Waals surface area (Å²) in [5.41, 5.74) is 1.10. The molecule has 0 bridgehead atoms. The number of hydrogen-bond donors (Lipinski definition) is 0. The largest absolute Gasteiger partial charge is 0.271 e. The Labute approximate surface area is 116 Å². The van der Waals surface area contributed by atoms with Crippen molar-refractivity contribution < 1.29 is 4.92 Å². The lowest BCUT2D eigenvalue weighted by Crippen LogP contribution is -2.10. The highest BCUT2D eigenvalue weighted by atomic mass is 32.1. The first-order chi connectivity index (χ1) is 9.16. The summed E-state index contributed by atoms with van der Waals surface area (Å²) in [6, 6.07) is 8.14. The first kappa shape index (κ1) is 11.9. The van der Waals surface area contributed by atoms with Gasteiger partial charge in [-0.25, -0.2) is 4.68 Å². The standard InChI is InChI=1S/C11H6N4O2S2/c16-15(17)7-3-4-8-9(6-7)14(13-12-8)11(18)10-2-1-5-19-10/h1-6H. The minimum absolute atomic E-state index is 0.00923. The van der Waals surface area contributed by atoms with E-state index in [0.717, 1.165) is 4.88 Å². The Hall–Kier alpha value is -2.19. The van der Waals surface area contributed by atoms with Gasteiger partial charge in [-0.15, -0.1) is 16.4 Å². The van der Waals surface area contributed by atoms with Gasteiger partial charge >= 0.3 is 0 Å². The van der Waals surface area contributed by atoms with Gasteiger partial charge in [0, 0.05) is 12.1 Å². The van der Waals surface area contributed by atoms with Crippen LogP contribution in [0.1, 0.15) is 4.88 Å². The predicted molar refractivity (Wildman–Crippen MR) is 75.6 cm³/mol. The Kier molecular flexibility index (Phi) is 2.80. The van der Waals surface area contributed by atoms with E-state index < -0.39 is 4.92 Å². The number of benzene rings is 1. The number of nitro benzene ring substituents is 1. The Morgan fingerprint density at radius 3 is 2.95 bits per heavy atom. The molecule has 2 heterocycles. The normalized spacial score (nSPS) is 10.7. The lowest BCUT2D eigenvalue weighted by Gasteiger charge is -2.01. The molecule has 0 amide bonds. The van der Waals surface area contributed by atoms with Gasteiger partial charge in [0.2, 0.25) is 0 Å². The molecule has 0 saturated carbocycles. The molecule has 0 aliphatic carbocycles. The molecule has 94 valence electrons. The Balaban J connectivity index is 2.16. The van der Waals surface area contributed by atoms with Crippen LogP contribution in [-0.4, -0.2) is 24.9 Å². The van der Waals surface area contributed by atoms with Crippen LogP contribution in [0.15, 0.2) is 35.7 Å². The van der Waals surface area contributed by atoms with Crippen molar-refractivity contribution >= 4 is 45.3 Å². The van der Waals surface area contributed by atoms with Crippen molar-refractivity contribution in [3.63, 3.8) is 0 Å². The first-order valence-electron chi connectivity index (χ1n) is 5.25. The van der Waals surface area contributed by atoms with Crippen molar-refractivity contribution in [3.05, 3.63) is 50.7 Å². The molecule has 0 N–H and O–H groups in total. The molecule has 0 aliphatic heterocycles. The molecule has 6 nitrogen and oxygen atoms in total. The van der Waals surface area contributed by atoms with Crippen LogP contribution < -0.4 is 0 Å². The monoisotopic (exact) mass is 290 g/mol. The first-order valence-corrected chi connectivity index (χ1v) is 6.53. The van der Waals surface area contributed by atoms with Crippen LogP contribution in [0.2, 0.25) is 0 Å². The number of hydrogen-bond acceptors (Lipinski definition) is 6. The maximum Gasteiger partial charge on any atom is 0.271 e. The van der Waals surface area contributed by atoms with Crippen molar-refractivity contribution in [1.29, 1.82) is 0 Å². The van der Waals surface area contributed by atoms with Crippen molar-refractivity contribution in [2.45, 2.75) is 0 Å². The van der Waals surface area contributed by atoms with Gasteiger partial charge < -0.3 is 0 Å². The maximum absolute atomic E-state index is 10.8. The average Bonchev–Trinajstić information content (AvgIpc) is 3.06. The summed E-state index contributed by atoms with van der Waals surface area (Å²) >= 11 is 6.82. The topological polar surface area (TPSA) is 73.8 Å². The van der Waals surface area contributed by atoms with Crippen molar-refractivity contribution in [1.82, 2.24) is 15.0 Å². The highest BCUT2D eigenvalue weighted by Crippen LogP contribution is 2.21. The molecule has 0 saturated heterocycles. The fourth-order valence-electron chi connectivity index (χ4n) is 1.68. The van der Waals surface area contributed by atoms with Crippen LogP contribution in [0.4, 0.5) is 5.69 Å². The summed E-state index contributed by atoms with van der Waals surface area (Å²) in [7, 11) is 0. The highest BCUT2D eigenvalue weighted by Gasteiger charge is 2.15. The van der Waals surface area contributed by atoms with E-state index in [1.807, 2.05) is 17.5 Å².